The Kier molecular flexibility index (Phi) is 3.74. The number of hydrogen-bond acceptors (Lipinski definition) is 3. The fourth-order valence-corrected chi connectivity index (χ4v) is 4.35. The predicted molar refractivity (Wildman–Crippen MR) is 95.9 cm³/mol. The van der Waals surface area contributed by atoms with Crippen LogP contribution in [0.15, 0.2) is 48.6 Å². The van der Waals surface area contributed by atoms with Gasteiger partial charge in [-0.3, -0.25) is 10.1 Å². The van der Waals surface area contributed by atoms with Gasteiger partial charge in [0.05, 0.1) is 21.7 Å². The van der Waals surface area contributed by atoms with Gasteiger partial charge in [0.2, 0.25) is 0 Å². The quantitative estimate of drug-likeness (QED) is 0.422. The summed E-state index contributed by atoms with van der Waals surface area (Å²) in [6.45, 7) is 0. The molecule has 122 valence electrons. The van der Waals surface area contributed by atoms with Crippen LogP contribution < -0.4 is 5.32 Å². The van der Waals surface area contributed by atoms with E-state index in [1.807, 2.05) is 12.1 Å². The fraction of sp³-hybridized carbons (Fsp3) is 0.222. The van der Waals surface area contributed by atoms with Gasteiger partial charge in [-0.25, -0.2) is 0 Å². The first-order valence-corrected chi connectivity index (χ1v) is 8.46. The van der Waals surface area contributed by atoms with Crippen molar-refractivity contribution in [2.75, 3.05) is 5.32 Å². The molecule has 1 heterocycles. The summed E-state index contributed by atoms with van der Waals surface area (Å²) < 4.78 is 0. The zero-order chi connectivity index (χ0) is 16.8. The van der Waals surface area contributed by atoms with Crippen molar-refractivity contribution in [3.05, 3.63) is 79.8 Å². The molecule has 2 aliphatic rings. The lowest BCUT2D eigenvalue weighted by Gasteiger charge is -2.38. The van der Waals surface area contributed by atoms with Crippen LogP contribution in [0.2, 0.25) is 10.0 Å². The van der Waals surface area contributed by atoms with E-state index in [1.54, 1.807) is 18.2 Å². The maximum Gasteiger partial charge on any atom is 0.269 e. The minimum Gasteiger partial charge on any atom is -0.376 e. The zero-order valence-electron chi connectivity index (χ0n) is 12.6. The third kappa shape index (κ3) is 2.46. The number of nitro groups is 1. The lowest BCUT2D eigenvalue weighted by molar-refractivity contribution is -0.384. The van der Waals surface area contributed by atoms with Crippen LogP contribution >= 0.6 is 23.2 Å². The Morgan fingerprint density at radius 2 is 2.04 bits per heavy atom. The molecule has 0 fully saturated rings. The second kappa shape index (κ2) is 5.80. The summed E-state index contributed by atoms with van der Waals surface area (Å²) >= 11 is 12.6. The summed E-state index contributed by atoms with van der Waals surface area (Å²) in [6, 6.07) is 10.4. The second-order valence-corrected chi connectivity index (χ2v) is 7.02. The van der Waals surface area contributed by atoms with E-state index in [1.165, 1.54) is 6.07 Å². The van der Waals surface area contributed by atoms with Gasteiger partial charge >= 0.3 is 0 Å². The van der Waals surface area contributed by atoms with Crippen molar-refractivity contribution in [3.63, 3.8) is 0 Å². The van der Waals surface area contributed by atoms with Gasteiger partial charge < -0.3 is 5.32 Å². The van der Waals surface area contributed by atoms with Crippen LogP contribution in [0.1, 0.15) is 29.5 Å². The molecule has 0 radical (unpaired) electrons. The van der Waals surface area contributed by atoms with E-state index >= 15 is 0 Å². The molecule has 1 aliphatic heterocycles. The number of anilines is 1. The Hall–Kier alpha value is -2.04. The molecule has 0 amide bonds. The predicted octanol–water partition coefficient (Wildman–Crippen LogP) is 5.73. The largest absolute Gasteiger partial charge is 0.376 e. The van der Waals surface area contributed by atoms with Crippen LogP contribution in [0.25, 0.3) is 0 Å². The highest BCUT2D eigenvalue weighted by molar-refractivity contribution is 6.36. The van der Waals surface area contributed by atoms with Crippen LogP contribution in [-0.2, 0) is 0 Å². The number of nitro benzene ring substituents is 1. The van der Waals surface area contributed by atoms with Crippen LogP contribution in [0.5, 0.6) is 0 Å². The van der Waals surface area contributed by atoms with Crippen molar-refractivity contribution < 1.29 is 4.92 Å². The van der Waals surface area contributed by atoms with Crippen molar-refractivity contribution in [3.8, 4) is 0 Å². The average Bonchev–Trinajstić information content (AvgIpc) is 3.04. The number of nitrogens with zero attached hydrogens (tertiary/aromatic N) is 1. The van der Waals surface area contributed by atoms with E-state index in [0.29, 0.717) is 10.0 Å². The number of allylic oxidation sites excluding steroid dienone is 2. The van der Waals surface area contributed by atoms with Crippen LogP contribution in [0.4, 0.5) is 11.4 Å². The molecule has 0 spiro atoms. The van der Waals surface area contributed by atoms with Gasteiger partial charge in [0.15, 0.2) is 0 Å². The van der Waals surface area contributed by atoms with Crippen molar-refractivity contribution in [1.29, 1.82) is 0 Å². The second-order valence-electron chi connectivity index (χ2n) is 6.18. The molecule has 0 unspecified atom stereocenters. The molecule has 3 atom stereocenters. The molecule has 0 saturated heterocycles. The third-order valence-electron chi connectivity index (χ3n) is 4.83. The molecular weight excluding hydrogens is 347 g/mol. The minimum atomic E-state index is -0.364. The first-order valence-electron chi connectivity index (χ1n) is 7.71. The highest BCUT2D eigenvalue weighted by Crippen LogP contribution is 2.52. The van der Waals surface area contributed by atoms with E-state index in [9.17, 15) is 10.1 Å². The lowest BCUT2D eigenvalue weighted by Crippen LogP contribution is -2.29. The Balaban J connectivity index is 1.81. The Morgan fingerprint density at radius 1 is 1.21 bits per heavy atom. The monoisotopic (exact) mass is 360 g/mol. The Bertz CT molecular complexity index is 866. The number of non-ortho nitro benzene ring substituents is 1. The van der Waals surface area contributed by atoms with Gasteiger partial charge in [-0.15, -0.1) is 0 Å². The summed E-state index contributed by atoms with van der Waals surface area (Å²) in [6.07, 6.45) is 5.25. The number of fused-ring (bicyclic) bond motifs is 3. The van der Waals surface area contributed by atoms with Gasteiger partial charge in [-0.1, -0.05) is 47.5 Å². The Labute approximate surface area is 149 Å². The van der Waals surface area contributed by atoms with Crippen molar-refractivity contribution in [2.24, 2.45) is 5.92 Å². The molecular formula is C18H14Cl2N2O2. The highest BCUT2D eigenvalue weighted by atomic mass is 35.5. The number of benzene rings is 2. The number of nitrogens with one attached hydrogen (secondary N) is 1. The molecule has 6 heteroatoms. The molecule has 2 aromatic rings. The highest BCUT2D eigenvalue weighted by Gasteiger charge is 2.39. The molecule has 0 bridgehead atoms. The molecule has 24 heavy (non-hydrogen) atoms. The van der Waals surface area contributed by atoms with Crippen LogP contribution in [0.3, 0.4) is 0 Å². The molecule has 1 N–H and O–H groups in total. The summed E-state index contributed by atoms with van der Waals surface area (Å²) in [5, 5.41) is 15.8. The van der Waals surface area contributed by atoms with E-state index in [4.69, 9.17) is 23.2 Å². The van der Waals surface area contributed by atoms with Gasteiger partial charge in [0.1, 0.15) is 0 Å². The summed E-state index contributed by atoms with van der Waals surface area (Å²) in [5.41, 5.74) is 2.96. The standard InChI is InChI=1S/C18H14Cl2N2O2/c19-11-8-15-13-5-2-6-14(13)17(21-18(15)16(20)9-11)10-3-1-4-12(7-10)22(23)24/h1-5,7-9,13-14,17,21H,6H2/t13-,14-,17+/m1/s1. The first kappa shape index (κ1) is 15.5. The topological polar surface area (TPSA) is 55.2 Å². The SMILES string of the molecule is O=[N+]([O-])c1cccc([C@@H]2Nc3c(Cl)cc(Cl)cc3[C@@H]3C=CC[C@H]32)c1. The van der Waals surface area contributed by atoms with Gasteiger partial charge in [0, 0.05) is 23.1 Å². The van der Waals surface area contributed by atoms with Crippen molar-refractivity contribution in [1.82, 2.24) is 0 Å². The third-order valence-corrected chi connectivity index (χ3v) is 5.34. The number of hydrogen-bond donors (Lipinski definition) is 1. The van der Waals surface area contributed by atoms with Gasteiger partial charge in [-0.05, 0) is 35.6 Å². The lowest BCUT2D eigenvalue weighted by atomic mass is 9.77. The molecule has 2 aromatic carbocycles. The van der Waals surface area contributed by atoms with Crippen LogP contribution in [0, 0.1) is 16.0 Å². The molecule has 0 saturated carbocycles. The van der Waals surface area contributed by atoms with Gasteiger partial charge in [-0.2, -0.15) is 0 Å². The molecule has 1 aliphatic carbocycles. The van der Waals surface area contributed by atoms with Crippen molar-refractivity contribution in [2.45, 2.75) is 18.4 Å². The zero-order valence-corrected chi connectivity index (χ0v) is 14.1. The Morgan fingerprint density at radius 3 is 2.83 bits per heavy atom. The summed E-state index contributed by atoms with van der Waals surface area (Å²) in [7, 11) is 0. The number of rotatable bonds is 2. The summed E-state index contributed by atoms with van der Waals surface area (Å²) in [5.74, 6) is 0.496. The van der Waals surface area contributed by atoms with E-state index in [2.05, 4.69) is 17.5 Å². The van der Waals surface area contributed by atoms with E-state index < -0.39 is 0 Å². The van der Waals surface area contributed by atoms with Crippen LogP contribution in [-0.4, -0.2) is 4.92 Å². The fourth-order valence-electron chi connectivity index (χ4n) is 3.78. The number of halogens is 2. The maximum absolute atomic E-state index is 11.1. The minimum absolute atomic E-state index is 0.0314. The normalized spacial score (nSPS) is 24.2. The van der Waals surface area contributed by atoms with Crippen molar-refractivity contribution >= 4 is 34.6 Å². The first-order chi connectivity index (χ1) is 11.5. The van der Waals surface area contributed by atoms with E-state index in [-0.39, 0.29) is 28.5 Å². The molecule has 4 nitrogen and oxygen atoms in total. The molecule has 0 aromatic heterocycles. The van der Waals surface area contributed by atoms with E-state index in [0.717, 1.165) is 23.2 Å². The maximum atomic E-state index is 11.1. The molecule has 4 rings (SSSR count). The summed E-state index contributed by atoms with van der Waals surface area (Å²) in [4.78, 5) is 10.7. The smallest absolute Gasteiger partial charge is 0.269 e. The van der Waals surface area contributed by atoms with Gasteiger partial charge in [0.25, 0.3) is 5.69 Å². The average molecular weight is 361 g/mol.